The van der Waals surface area contributed by atoms with Crippen LogP contribution in [0.2, 0.25) is 0 Å². The van der Waals surface area contributed by atoms with Crippen molar-refractivity contribution in [2.75, 3.05) is 45.7 Å². The van der Waals surface area contributed by atoms with Gasteiger partial charge in [-0.2, -0.15) is 0 Å². The van der Waals surface area contributed by atoms with E-state index < -0.39 is 0 Å². The average molecular weight is 537 g/mol. The van der Waals surface area contributed by atoms with Gasteiger partial charge in [0.15, 0.2) is 5.96 Å². The number of benzene rings is 2. The number of aliphatic imine (C=N–C) groups is 1. The maximum absolute atomic E-state index is 12.3. The highest BCUT2D eigenvalue weighted by Crippen LogP contribution is 2.14. The number of carbonyl (C=O) groups excluding carboxylic acids is 1. The lowest BCUT2D eigenvalue weighted by atomic mass is 10.2. The molecule has 1 aliphatic heterocycles. The van der Waals surface area contributed by atoms with Crippen LogP contribution in [0.4, 0.5) is 10.5 Å². The molecule has 1 aliphatic rings. The van der Waals surface area contributed by atoms with Crippen molar-refractivity contribution in [1.82, 2.24) is 15.1 Å². The fourth-order valence-corrected chi connectivity index (χ4v) is 3.37. The smallest absolute Gasteiger partial charge is 0.321 e. The molecule has 7 nitrogen and oxygen atoms in total. The van der Waals surface area contributed by atoms with Crippen LogP contribution in [0.5, 0.6) is 5.75 Å². The van der Waals surface area contributed by atoms with Crippen molar-refractivity contribution in [3.63, 3.8) is 0 Å². The Morgan fingerprint density at radius 2 is 1.87 bits per heavy atom. The number of anilines is 1. The largest absolute Gasteiger partial charge is 0.492 e. The van der Waals surface area contributed by atoms with Gasteiger partial charge < -0.3 is 25.2 Å². The summed E-state index contributed by atoms with van der Waals surface area (Å²) in [6.45, 7) is 3.57. The Labute approximate surface area is 201 Å². The number of urea groups is 1. The molecule has 2 amide bonds. The molecule has 2 aromatic carbocycles. The summed E-state index contributed by atoms with van der Waals surface area (Å²) in [5.41, 5.74) is 1.88. The highest BCUT2D eigenvalue weighted by Gasteiger charge is 2.17. The zero-order valence-electron chi connectivity index (χ0n) is 18.2. The molecule has 1 heterocycles. The standard InChI is InChI=1S/C23H31N5O2.HI/c1-24-22(27(2)15-16-30-21-11-4-3-5-12-21)25-18-19-9-8-10-20(17-19)26-23(29)28-13-6-7-14-28;/h3-5,8-12,17H,6-7,13-16,18H2,1-2H3,(H,24,25)(H,26,29);1H. The Morgan fingerprint density at radius 1 is 1.13 bits per heavy atom. The summed E-state index contributed by atoms with van der Waals surface area (Å²) in [7, 11) is 3.75. The number of likely N-dealkylation sites (N-methyl/N-ethyl adjacent to an activating group) is 1. The van der Waals surface area contributed by atoms with Crippen molar-refractivity contribution in [2.24, 2.45) is 4.99 Å². The van der Waals surface area contributed by atoms with Gasteiger partial charge in [-0.05, 0) is 42.7 Å². The molecular weight excluding hydrogens is 505 g/mol. The summed E-state index contributed by atoms with van der Waals surface area (Å²) in [4.78, 5) is 20.5. The third kappa shape index (κ3) is 7.93. The molecule has 0 aliphatic carbocycles. The normalized spacial score (nSPS) is 13.4. The SMILES string of the molecule is CN=C(NCc1cccc(NC(=O)N2CCCC2)c1)N(C)CCOc1ccccc1.I. The van der Waals surface area contributed by atoms with E-state index in [4.69, 9.17) is 4.74 Å². The molecule has 3 rings (SSSR count). The summed E-state index contributed by atoms with van der Waals surface area (Å²) < 4.78 is 5.76. The minimum Gasteiger partial charge on any atom is -0.492 e. The van der Waals surface area contributed by atoms with Gasteiger partial charge in [-0.3, -0.25) is 4.99 Å². The van der Waals surface area contributed by atoms with E-state index >= 15 is 0 Å². The van der Waals surface area contributed by atoms with Crippen LogP contribution in [-0.4, -0.2) is 62.1 Å². The molecule has 2 N–H and O–H groups in total. The van der Waals surface area contributed by atoms with Crippen LogP contribution in [-0.2, 0) is 6.54 Å². The molecule has 0 aromatic heterocycles. The average Bonchev–Trinajstić information content (AvgIpc) is 3.30. The topological polar surface area (TPSA) is 69.2 Å². The van der Waals surface area contributed by atoms with Gasteiger partial charge in [0.1, 0.15) is 12.4 Å². The van der Waals surface area contributed by atoms with E-state index in [-0.39, 0.29) is 30.0 Å². The zero-order chi connectivity index (χ0) is 21.2. The molecule has 0 unspecified atom stereocenters. The first kappa shape index (κ1) is 24.8. The first-order valence-electron chi connectivity index (χ1n) is 10.4. The van der Waals surface area contributed by atoms with E-state index in [0.717, 1.165) is 48.9 Å². The summed E-state index contributed by atoms with van der Waals surface area (Å²) in [6.07, 6.45) is 2.17. The quantitative estimate of drug-likeness (QED) is 0.318. The van der Waals surface area contributed by atoms with Gasteiger partial charge in [-0.15, -0.1) is 24.0 Å². The number of para-hydroxylation sites is 1. The second kappa shape index (κ2) is 13.0. The molecule has 2 aromatic rings. The Bertz CT molecular complexity index is 841. The zero-order valence-corrected chi connectivity index (χ0v) is 20.5. The van der Waals surface area contributed by atoms with Gasteiger partial charge in [0, 0.05) is 39.4 Å². The van der Waals surface area contributed by atoms with E-state index in [2.05, 4.69) is 15.6 Å². The molecule has 31 heavy (non-hydrogen) atoms. The Balaban J connectivity index is 0.00000341. The first-order chi connectivity index (χ1) is 14.7. The van der Waals surface area contributed by atoms with Gasteiger partial charge in [0.2, 0.25) is 0 Å². The molecule has 0 atom stereocenters. The molecule has 168 valence electrons. The summed E-state index contributed by atoms with van der Waals surface area (Å²) in [5, 5.41) is 6.36. The Morgan fingerprint density at radius 3 is 2.58 bits per heavy atom. The van der Waals surface area contributed by atoms with Crippen molar-refractivity contribution in [3.05, 3.63) is 60.2 Å². The molecule has 8 heteroatoms. The predicted molar refractivity (Wildman–Crippen MR) is 136 cm³/mol. The Hall–Kier alpha value is -2.49. The molecule has 0 saturated carbocycles. The molecule has 0 bridgehead atoms. The summed E-state index contributed by atoms with van der Waals surface area (Å²) in [5.74, 6) is 1.65. The highest BCUT2D eigenvalue weighted by atomic mass is 127. The van der Waals surface area contributed by atoms with Crippen molar-refractivity contribution in [3.8, 4) is 5.75 Å². The number of nitrogens with one attached hydrogen (secondary N) is 2. The minimum atomic E-state index is -0.0217. The lowest BCUT2D eigenvalue weighted by Gasteiger charge is -2.22. The summed E-state index contributed by atoms with van der Waals surface area (Å²) >= 11 is 0. The van der Waals surface area contributed by atoms with E-state index in [1.165, 1.54) is 0 Å². The van der Waals surface area contributed by atoms with Crippen molar-refractivity contribution < 1.29 is 9.53 Å². The number of rotatable bonds is 7. The van der Waals surface area contributed by atoms with E-state index in [1.54, 1.807) is 7.05 Å². The van der Waals surface area contributed by atoms with E-state index in [1.807, 2.05) is 71.4 Å². The van der Waals surface area contributed by atoms with Crippen LogP contribution in [0.15, 0.2) is 59.6 Å². The number of amides is 2. The number of hydrogen-bond acceptors (Lipinski definition) is 3. The minimum absolute atomic E-state index is 0. The number of nitrogens with zero attached hydrogens (tertiary/aromatic N) is 3. The van der Waals surface area contributed by atoms with Crippen LogP contribution < -0.4 is 15.4 Å². The predicted octanol–water partition coefficient (Wildman–Crippen LogP) is 4.02. The van der Waals surface area contributed by atoms with Crippen LogP contribution in [0.25, 0.3) is 0 Å². The van der Waals surface area contributed by atoms with Gasteiger partial charge in [-0.25, -0.2) is 4.79 Å². The lowest BCUT2D eigenvalue weighted by molar-refractivity contribution is 0.222. The van der Waals surface area contributed by atoms with Crippen molar-refractivity contribution in [1.29, 1.82) is 0 Å². The first-order valence-corrected chi connectivity index (χ1v) is 10.4. The van der Waals surface area contributed by atoms with Crippen LogP contribution in [0, 0.1) is 0 Å². The van der Waals surface area contributed by atoms with Gasteiger partial charge in [-0.1, -0.05) is 30.3 Å². The number of ether oxygens (including phenoxy) is 1. The highest BCUT2D eigenvalue weighted by molar-refractivity contribution is 14.0. The van der Waals surface area contributed by atoms with Crippen LogP contribution in [0.3, 0.4) is 0 Å². The van der Waals surface area contributed by atoms with Crippen LogP contribution in [0.1, 0.15) is 18.4 Å². The lowest BCUT2D eigenvalue weighted by Crippen LogP contribution is -2.40. The van der Waals surface area contributed by atoms with Gasteiger partial charge in [0.25, 0.3) is 0 Å². The fourth-order valence-electron chi connectivity index (χ4n) is 3.37. The number of halogens is 1. The molecule has 0 radical (unpaired) electrons. The van der Waals surface area contributed by atoms with E-state index in [0.29, 0.717) is 19.7 Å². The number of carbonyl (C=O) groups is 1. The third-order valence-electron chi connectivity index (χ3n) is 5.03. The molecular formula is C23H32IN5O2. The van der Waals surface area contributed by atoms with E-state index in [9.17, 15) is 4.79 Å². The Kier molecular flexibility index (Phi) is 10.4. The number of hydrogen-bond donors (Lipinski definition) is 2. The van der Waals surface area contributed by atoms with Gasteiger partial charge >= 0.3 is 6.03 Å². The third-order valence-corrected chi connectivity index (χ3v) is 5.03. The molecule has 1 saturated heterocycles. The molecule has 1 fully saturated rings. The van der Waals surface area contributed by atoms with Crippen molar-refractivity contribution >= 4 is 41.7 Å². The summed E-state index contributed by atoms with van der Waals surface area (Å²) in [6, 6.07) is 17.7. The number of guanidine groups is 1. The van der Waals surface area contributed by atoms with Crippen molar-refractivity contribution in [2.45, 2.75) is 19.4 Å². The molecule has 0 spiro atoms. The van der Waals surface area contributed by atoms with Crippen LogP contribution >= 0.6 is 24.0 Å². The fraction of sp³-hybridized carbons (Fsp3) is 0.391. The monoisotopic (exact) mass is 537 g/mol. The number of likely N-dealkylation sites (tertiary alicyclic amines) is 1. The van der Waals surface area contributed by atoms with Gasteiger partial charge in [0.05, 0.1) is 6.54 Å². The maximum Gasteiger partial charge on any atom is 0.321 e. The second-order valence-corrected chi connectivity index (χ2v) is 7.31. The maximum atomic E-state index is 12.3. The second-order valence-electron chi connectivity index (χ2n) is 7.31.